The van der Waals surface area contributed by atoms with Crippen LogP contribution in [0.5, 0.6) is 0 Å². The SMILES string of the molecule is CC(=O)O.COC(=O)Cc1nc([C@H]2CC[C@@H](OC)[C@H](N)C2)n(C(C)(C)C)n1. The van der Waals surface area contributed by atoms with Gasteiger partial charge in [-0.05, 0) is 40.0 Å². The van der Waals surface area contributed by atoms with Gasteiger partial charge in [-0.3, -0.25) is 9.59 Å². The zero-order valence-corrected chi connectivity index (χ0v) is 17.1. The number of carbonyl (C=O) groups is 2. The summed E-state index contributed by atoms with van der Waals surface area (Å²) in [5, 5.41) is 12.0. The van der Waals surface area contributed by atoms with Crippen molar-refractivity contribution < 1.29 is 24.2 Å². The fraction of sp³-hybridized carbons (Fsp3) is 0.778. The molecule has 0 spiro atoms. The lowest BCUT2D eigenvalue weighted by Crippen LogP contribution is -2.42. The van der Waals surface area contributed by atoms with Crippen molar-refractivity contribution in [3.63, 3.8) is 0 Å². The molecule has 1 fully saturated rings. The highest BCUT2D eigenvalue weighted by Gasteiger charge is 2.34. The molecule has 0 unspecified atom stereocenters. The third kappa shape index (κ3) is 6.91. The Morgan fingerprint density at radius 2 is 1.89 bits per heavy atom. The second-order valence-corrected chi connectivity index (χ2v) is 7.69. The Kier molecular flexibility index (Phi) is 8.36. The second kappa shape index (κ2) is 9.80. The van der Waals surface area contributed by atoms with Crippen LogP contribution in [0.1, 0.15) is 64.5 Å². The van der Waals surface area contributed by atoms with Gasteiger partial charge in [-0.25, -0.2) is 9.67 Å². The zero-order valence-electron chi connectivity index (χ0n) is 17.1. The molecule has 1 aliphatic carbocycles. The van der Waals surface area contributed by atoms with E-state index in [2.05, 4.69) is 30.9 Å². The molecule has 0 aliphatic heterocycles. The highest BCUT2D eigenvalue weighted by Crippen LogP contribution is 2.34. The van der Waals surface area contributed by atoms with E-state index >= 15 is 0 Å². The van der Waals surface area contributed by atoms with E-state index in [1.807, 2.05) is 4.68 Å². The van der Waals surface area contributed by atoms with Crippen molar-refractivity contribution in [1.29, 1.82) is 0 Å². The van der Waals surface area contributed by atoms with E-state index in [4.69, 9.17) is 25.1 Å². The molecule has 27 heavy (non-hydrogen) atoms. The number of aromatic nitrogens is 3. The minimum absolute atomic E-state index is 0.00655. The molecule has 1 aromatic heterocycles. The number of carboxylic acids is 1. The van der Waals surface area contributed by atoms with Crippen molar-refractivity contribution in [3.05, 3.63) is 11.6 Å². The molecule has 1 aromatic rings. The molecule has 0 radical (unpaired) electrons. The maximum Gasteiger partial charge on any atom is 0.313 e. The van der Waals surface area contributed by atoms with Crippen LogP contribution in [0.15, 0.2) is 0 Å². The predicted molar refractivity (Wildman–Crippen MR) is 99.4 cm³/mol. The number of aliphatic carboxylic acids is 1. The van der Waals surface area contributed by atoms with Crippen molar-refractivity contribution in [2.45, 2.75) is 77.0 Å². The van der Waals surface area contributed by atoms with Crippen molar-refractivity contribution in [2.24, 2.45) is 5.73 Å². The Balaban J connectivity index is 0.000000828. The Hall–Kier alpha value is -2.00. The van der Waals surface area contributed by atoms with Crippen molar-refractivity contribution in [2.75, 3.05) is 14.2 Å². The van der Waals surface area contributed by atoms with Gasteiger partial charge in [0.25, 0.3) is 5.97 Å². The highest BCUT2D eigenvalue weighted by molar-refractivity contribution is 5.71. The Morgan fingerprint density at radius 1 is 1.30 bits per heavy atom. The first kappa shape index (κ1) is 23.0. The molecule has 9 heteroatoms. The van der Waals surface area contributed by atoms with Gasteiger partial charge in [0, 0.05) is 26.0 Å². The summed E-state index contributed by atoms with van der Waals surface area (Å²) < 4.78 is 12.1. The maximum atomic E-state index is 11.5. The van der Waals surface area contributed by atoms with Gasteiger partial charge in [0.2, 0.25) is 0 Å². The van der Waals surface area contributed by atoms with E-state index in [0.29, 0.717) is 5.82 Å². The lowest BCUT2D eigenvalue weighted by molar-refractivity contribution is -0.140. The summed E-state index contributed by atoms with van der Waals surface area (Å²) in [6, 6.07) is -0.00655. The number of nitrogens with zero attached hydrogens (tertiary/aromatic N) is 3. The number of nitrogens with two attached hydrogens (primary N) is 1. The molecule has 9 nitrogen and oxygen atoms in total. The molecule has 2 rings (SSSR count). The molecule has 1 heterocycles. The number of hydrogen-bond acceptors (Lipinski definition) is 7. The van der Waals surface area contributed by atoms with Gasteiger partial charge < -0.3 is 20.3 Å². The molecule has 0 saturated heterocycles. The number of esters is 1. The van der Waals surface area contributed by atoms with E-state index in [1.165, 1.54) is 7.11 Å². The van der Waals surface area contributed by atoms with Crippen molar-refractivity contribution in [3.8, 4) is 0 Å². The number of rotatable bonds is 4. The molecular weight excluding hydrogens is 352 g/mol. The van der Waals surface area contributed by atoms with Crippen LogP contribution >= 0.6 is 0 Å². The average molecular weight is 384 g/mol. The lowest BCUT2D eigenvalue weighted by Gasteiger charge is -2.34. The zero-order chi connectivity index (χ0) is 20.8. The minimum atomic E-state index is -0.833. The van der Waals surface area contributed by atoms with Crippen LogP contribution in [0.2, 0.25) is 0 Å². The summed E-state index contributed by atoms with van der Waals surface area (Å²) in [5.74, 6) is 0.475. The Labute approximate surface area is 160 Å². The van der Waals surface area contributed by atoms with Crippen molar-refractivity contribution in [1.82, 2.24) is 14.8 Å². The monoisotopic (exact) mass is 384 g/mol. The normalized spacial score (nSPS) is 22.6. The van der Waals surface area contributed by atoms with E-state index < -0.39 is 5.97 Å². The van der Waals surface area contributed by atoms with Gasteiger partial charge in [0.15, 0.2) is 5.82 Å². The van der Waals surface area contributed by atoms with Crippen molar-refractivity contribution >= 4 is 11.9 Å². The number of carboxylic acid groups (broad SMARTS) is 1. The standard InChI is InChI=1S/C16H28N4O3.C2H4O2/c1-16(2,3)20-15(18-13(19-20)9-14(21)23-5)10-6-7-12(22-4)11(17)8-10;1-2(3)4/h10-12H,6-9,17H2,1-5H3;1H3,(H,3,4)/t10-,11+,12+;/m0./s1. The van der Waals surface area contributed by atoms with Gasteiger partial charge in [-0.15, -0.1) is 0 Å². The van der Waals surface area contributed by atoms with Gasteiger partial charge in [0.05, 0.1) is 18.8 Å². The molecule has 0 bridgehead atoms. The number of carbonyl (C=O) groups excluding carboxylic acids is 1. The van der Waals surface area contributed by atoms with E-state index in [0.717, 1.165) is 32.0 Å². The lowest BCUT2D eigenvalue weighted by atomic mass is 9.83. The van der Waals surface area contributed by atoms with E-state index in [-0.39, 0.29) is 36.0 Å². The fourth-order valence-electron chi connectivity index (χ4n) is 3.11. The van der Waals surface area contributed by atoms with E-state index in [1.54, 1.807) is 7.11 Å². The third-order valence-electron chi connectivity index (χ3n) is 4.34. The highest BCUT2D eigenvalue weighted by atomic mass is 16.5. The molecule has 0 aromatic carbocycles. The molecular formula is C18H32N4O5. The molecule has 1 saturated carbocycles. The van der Waals surface area contributed by atoms with Gasteiger partial charge >= 0.3 is 5.97 Å². The first-order chi connectivity index (χ1) is 12.5. The number of ether oxygens (including phenoxy) is 2. The van der Waals surface area contributed by atoms with Crippen LogP contribution in [0.3, 0.4) is 0 Å². The fourth-order valence-corrected chi connectivity index (χ4v) is 3.11. The summed E-state index contributed by atoms with van der Waals surface area (Å²) in [4.78, 5) is 25.1. The topological polar surface area (TPSA) is 130 Å². The van der Waals surface area contributed by atoms with Crippen LogP contribution in [0.25, 0.3) is 0 Å². The first-order valence-electron chi connectivity index (χ1n) is 9.00. The summed E-state index contributed by atoms with van der Waals surface area (Å²) in [6.45, 7) is 7.31. The van der Waals surface area contributed by atoms with Gasteiger partial charge in [0.1, 0.15) is 12.2 Å². The minimum Gasteiger partial charge on any atom is -0.481 e. The van der Waals surface area contributed by atoms with Crippen LogP contribution in [0, 0.1) is 0 Å². The molecule has 1 aliphatic rings. The first-order valence-corrected chi connectivity index (χ1v) is 9.00. The average Bonchev–Trinajstić information content (AvgIpc) is 2.98. The van der Waals surface area contributed by atoms with Gasteiger partial charge in [-0.2, -0.15) is 5.10 Å². The van der Waals surface area contributed by atoms with Crippen LogP contribution in [0.4, 0.5) is 0 Å². The predicted octanol–water partition coefficient (Wildman–Crippen LogP) is 1.45. The van der Waals surface area contributed by atoms with E-state index in [9.17, 15) is 4.79 Å². The maximum absolute atomic E-state index is 11.5. The number of hydrogen-bond donors (Lipinski definition) is 2. The van der Waals surface area contributed by atoms with Crippen LogP contribution in [-0.2, 0) is 31.0 Å². The Morgan fingerprint density at radius 3 is 2.33 bits per heavy atom. The van der Waals surface area contributed by atoms with Gasteiger partial charge in [-0.1, -0.05) is 0 Å². The number of methoxy groups -OCH3 is 2. The Bertz CT molecular complexity index is 634. The smallest absolute Gasteiger partial charge is 0.313 e. The summed E-state index contributed by atoms with van der Waals surface area (Å²) in [5.41, 5.74) is 6.02. The molecule has 3 N–H and O–H groups in total. The molecule has 0 amide bonds. The van der Waals surface area contributed by atoms with Crippen LogP contribution in [-0.4, -0.2) is 58.2 Å². The second-order valence-electron chi connectivity index (χ2n) is 7.69. The summed E-state index contributed by atoms with van der Waals surface area (Å²) in [7, 11) is 3.08. The quantitative estimate of drug-likeness (QED) is 0.746. The largest absolute Gasteiger partial charge is 0.481 e. The molecule has 3 atom stereocenters. The summed E-state index contributed by atoms with van der Waals surface area (Å²) in [6.07, 6.45) is 2.87. The van der Waals surface area contributed by atoms with Crippen LogP contribution < -0.4 is 5.73 Å². The molecule has 154 valence electrons. The third-order valence-corrected chi connectivity index (χ3v) is 4.34. The summed E-state index contributed by atoms with van der Waals surface area (Å²) >= 11 is 0.